The average Bonchev–Trinajstić information content (AvgIpc) is 2.47. The molecule has 1 atom stereocenters. The highest BCUT2D eigenvalue weighted by Gasteiger charge is 2.36. The van der Waals surface area contributed by atoms with E-state index in [1.54, 1.807) is 19.5 Å². The quantitative estimate of drug-likeness (QED) is 0.777. The Balaban J connectivity index is 0.00000200. The molecule has 2 N–H and O–H groups in total. The van der Waals surface area contributed by atoms with Gasteiger partial charge >= 0.3 is 5.88 Å². The first-order valence-electron chi connectivity index (χ1n) is 6.13. The van der Waals surface area contributed by atoms with Crippen LogP contribution in [0.15, 0.2) is 46.9 Å². The molecule has 0 radical (unpaired) electrons. The summed E-state index contributed by atoms with van der Waals surface area (Å²) in [4.78, 5) is 4.13. The Bertz CT molecular complexity index is 470. The summed E-state index contributed by atoms with van der Waals surface area (Å²) in [6.07, 6.45) is 6.14. The van der Waals surface area contributed by atoms with E-state index >= 15 is 0 Å². The van der Waals surface area contributed by atoms with Crippen LogP contribution in [0.25, 0.3) is 0 Å². The van der Waals surface area contributed by atoms with Gasteiger partial charge in [0.1, 0.15) is 6.54 Å². The van der Waals surface area contributed by atoms with Crippen molar-refractivity contribution in [1.82, 2.24) is 15.8 Å². The molecule has 1 aromatic rings. The Morgan fingerprint density at radius 3 is 2.81 bits per heavy atom. The van der Waals surface area contributed by atoms with Crippen LogP contribution in [0.2, 0.25) is 0 Å². The summed E-state index contributed by atoms with van der Waals surface area (Å²) in [5, 5.41) is 10.9. The summed E-state index contributed by atoms with van der Waals surface area (Å²) >= 11 is 0. The molecule has 0 saturated carbocycles. The van der Waals surface area contributed by atoms with E-state index in [-0.39, 0.29) is 24.8 Å². The molecule has 2 heterocycles. The van der Waals surface area contributed by atoms with Gasteiger partial charge in [0.15, 0.2) is 12.9 Å². The van der Waals surface area contributed by atoms with Gasteiger partial charge in [0, 0.05) is 18.8 Å². The van der Waals surface area contributed by atoms with Gasteiger partial charge in [-0.2, -0.15) is 0 Å². The third-order valence-corrected chi connectivity index (χ3v) is 3.03. The first kappa shape index (κ1) is 19.6. The number of hydrogen-bond donors (Lipinski definition) is 2. The maximum Gasteiger partial charge on any atom is 0.339 e. The molecule has 1 unspecified atom stereocenters. The molecule has 21 heavy (non-hydrogen) atoms. The molecule has 0 amide bonds. The number of pyridine rings is 1. The van der Waals surface area contributed by atoms with E-state index in [1.165, 1.54) is 5.56 Å². The van der Waals surface area contributed by atoms with Crippen molar-refractivity contribution in [2.24, 2.45) is 10.3 Å². The summed E-state index contributed by atoms with van der Waals surface area (Å²) in [6, 6.07) is 4.00. The van der Waals surface area contributed by atoms with Crippen LogP contribution in [-0.2, 0) is 11.2 Å². The molecule has 0 aliphatic carbocycles. The Hall–Kier alpha value is -1.41. The summed E-state index contributed by atoms with van der Waals surface area (Å²) < 4.78 is 5.79. The Labute approximate surface area is 136 Å². The zero-order valence-electron chi connectivity index (χ0n) is 12.0. The molecule has 0 aromatic carbocycles. The van der Waals surface area contributed by atoms with Crippen molar-refractivity contribution < 1.29 is 9.33 Å². The lowest BCUT2D eigenvalue weighted by atomic mass is 10.2. The summed E-state index contributed by atoms with van der Waals surface area (Å²) in [5.41, 5.74) is 4.20. The third-order valence-electron chi connectivity index (χ3n) is 3.03. The van der Waals surface area contributed by atoms with Crippen LogP contribution >= 0.6 is 24.8 Å². The fourth-order valence-corrected chi connectivity index (χ4v) is 2.07. The van der Waals surface area contributed by atoms with Crippen LogP contribution in [0.5, 0.6) is 0 Å². The summed E-state index contributed by atoms with van der Waals surface area (Å²) in [5.74, 6) is 0.730. The van der Waals surface area contributed by atoms with E-state index in [2.05, 4.69) is 32.2 Å². The molecule has 0 fully saturated rings. The van der Waals surface area contributed by atoms with Gasteiger partial charge in [0.25, 0.3) is 0 Å². The largest absolute Gasteiger partial charge is 0.452 e. The molecular weight excluding hydrogens is 315 g/mol. The second-order valence-electron chi connectivity index (χ2n) is 4.30. The van der Waals surface area contributed by atoms with Crippen LogP contribution < -0.4 is 10.9 Å². The molecule has 0 saturated heterocycles. The molecule has 0 bridgehead atoms. The van der Waals surface area contributed by atoms with Gasteiger partial charge in [0.2, 0.25) is 0 Å². The Morgan fingerprint density at radius 2 is 2.19 bits per heavy atom. The van der Waals surface area contributed by atoms with E-state index in [9.17, 15) is 0 Å². The van der Waals surface area contributed by atoms with Crippen LogP contribution in [0.3, 0.4) is 0 Å². The van der Waals surface area contributed by atoms with Crippen molar-refractivity contribution in [2.45, 2.75) is 6.42 Å². The highest BCUT2D eigenvalue weighted by atomic mass is 35.5. The normalized spacial score (nSPS) is 19.6. The van der Waals surface area contributed by atoms with Crippen molar-refractivity contribution in [3.8, 4) is 0 Å². The maximum atomic E-state index is 5.41. The number of hydrogen-bond acceptors (Lipinski definition) is 6. The molecule has 1 aliphatic rings. The Morgan fingerprint density at radius 1 is 1.38 bits per heavy atom. The topological polar surface area (TPSA) is 70.9 Å². The predicted octanol–water partition coefficient (Wildman–Crippen LogP) is 1.79. The zero-order valence-corrected chi connectivity index (χ0v) is 13.7. The maximum absolute atomic E-state index is 5.41. The minimum atomic E-state index is 0. The van der Waals surface area contributed by atoms with Gasteiger partial charge in [-0.05, 0) is 23.9 Å². The fourth-order valence-electron chi connectivity index (χ4n) is 2.07. The second-order valence-corrected chi connectivity index (χ2v) is 4.30. The molecule has 1 aliphatic heterocycles. The highest BCUT2D eigenvalue weighted by Crippen LogP contribution is 2.19. The number of ether oxygens (including phenoxy) is 1. The van der Waals surface area contributed by atoms with E-state index in [4.69, 9.17) is 4.74 Å². The first-order chi connectivity index (χ1) is 9.30. The second kappa shape index (κ2) is 9.51. The highest BCUT2D eigenvalue weighted by molar-refractivity contribution is 5.85. The van der Waals surface area contributed by atoms with E-state index < -0.39 is 0 Å². The molecule has 9 heteroatoms. The molecular formula is C12H21Cl2N6O+. The lowest BCUT2D eigenvalue weighted by Crippen LogP contribution is -2.60. The number of nitrogens with one attached hydrogen (secondary N) is 2. The number of quaternary nitrogens is 1. The van der Waals surface area contributed by atoms with Crippen molar-refractivity contribution in [2.75, 3.05) is 27.4 Å². The van der Waals surface area contributed by atoms with Gasteiger partial charge in [0.05, 0.1) is 7.11 Å². The van der Waals surface area contributed by atoms with Crippen molar-refractivity contribution in [3.63, 3.8) is 0 Å². The van der Waals surface area contributed by atoms with Crippen molar-refractivity contribution >= 4 is 24.8 Å². The SMILES string of the molecule is CNC[N+]1(CCc2cccnc2)NN=NC=C1OC.Cl.Cl. The van der Waals surface area contributed by atoms with Gasteiger partial charge < -0.3 is 4.74 Å². The zero-order chi connectivity index (χ0) is 13.6. The van der Waals surface area contributed by atoms with E-state index in [0.717, 1.165) is 18.8 Å². The molecule has 118 valence electrons. The predicted molar refractivity (Wildman–Crippen MR) is 84.6 cm³/mol. The lowest BCUT2D eigenvalue weighted by molar-refractivity contribution is -0.953. The van der Waals surface area contributed by atoms with E-state index in [0.29, 0.717) is 11.3 Å². The van der Waals surface area contributed by atoms with Crippen LogP contribution in [-0.4, -0.2) is 36.9 Å². The van der Waals surface area contributed by atoms with E-state index in [1.807, 2.05) is 19.3 Å². The monoisotopic (exact) mass is 335 g/mol. The Kier molecular flexibility index (Phi) is 8.87. The van der Waals surface area contributed by atoms with Crippen molar-refractivity contribution in [1.29, 1.82) is 0 Å². The lowest BCUT2D eigenvalue weighted by Gasteiger charge is -2.35. The molecule has 7 nitrogen and oxygen atoms in total. The first-order valence-corrected chi connectivity index (χ1v) is 6.13. The molecule has 2 rings (SSSR count). The van der Waals surface area contributed by atoms with Gasteiger partial charge in [-0.1, -0.05) is 6.07 Å². The van der Waals surface area contributed by atoms with Gasteiger partial charge in [-0.15, -0.1) is 40.1 Å². The van der Waals surface area contributed by atoms with Crippen LogP contribution in [0.4, 0.5) is 0 Å². The molecule has 0 spiro atoms. The van der Waals surface area contributed by atoms with Gasteiger partial charge in [-0.25, -0.2) is 0 Å². The average molecular weight is 336 g/mol. The number of methoxy groups -OCH3 is 1. The minimum Gasteiger partial charge on any atom is -0.452 e. The van der Waals surface area contributed by atoms with Crippen molar-refractivity contribution in [3.05, 3.63) is 42.2 Å². The smallest absolute Gasteiger partial charge is 0.339 e. The number of nitrogens with zero attached hydrogens (tertiary/aromatic N) is 4. The standard InChI is InChI=1S/C12H19N6O.2ClH/c1-13-10-18(12(19-2)9-15-16-17-18)7-5-11-4-3-6-14-8-11;;/h3-4,6,8-9,13H,5,7,10H2,1-2H3,(H,15,17);2*1H/q+1;;. The third kappa shape index (κ3) is 4.82. The number of halogens is 2. The summed E-state index contributed by atoms with van der Waals surface area (Å²) in [6.45, 7) is 1.43. The number of rotatable bonds is 6. The summed E-state index contributed by atoms with van der Waals surface area (Å²) in [7, 11) is 3.53. The van der Waals surface area contributed by atoms with Crippen LogP contribution in [0, 0.1) is 0 Å². The minimum absolute atomic E-state index is 0. The van der Waals surface area contributed by atoms with Crippen LogP contribution in [0.1, 0.15) is 5.56 Å². The number of aromatic nitrogens is 1. The molecule has 1 aromatic heterocycles. The van der Waals surface area contributed by atoms with Gasteiger partial charge in [-0.3, -0.25) is 10.3 Å². The fraction of sp³-hybridized carbons (Fsp3) is 0.417.